The molecule has 108 valence electrons. The Balaban J connectivity index is 1.87. The number of thiocarbonyl (C=S) groups is 1. The van der Waals surface area contributed by atoms with E-state index in [1.165, 1.54) is 0 Å². The van der Waals surface area contributed by atoms with Crippen molar-refractivity contribution in [3.8, 4) is 5.75 Å². The maximum Gasteiger partial charge on any atom is 0.142 e. The minimum absolute atomic E-state index is 0.330. The number of benzene rings is 1. The van der Waals surface area contributed by atoms with E-state index in [0.29, 0.717) is 10.7 Å². The number of hydrogen-bond acceptors (Lipinski definition) is 4. The zero-order valence-corrected chi connectivity index (χ0v) is 12.5. The van der Waals surface area contributed by atoms with Crippen LogP contribution < -0.4 is 15.4 Å². The Kier molecular flexibility index (Phi) is 4.01. The summed E-state index contributed by atoms with van der Waals surface area (Å²) in [7, 11) is 0. The maximum atomic E-state index is 5.78. The first kappa shape index (κ1) is 13.8. The van der Waals surface area contributed by atoms with Gasteiger partial charge < -0.3 is 15.4 Å². The highest BCUT2D eigenvalue weighted by atomic mass is 32.1. The summed E-state index contributed by atoms with van der Waals surface area (Å²) in [6.45, 7) is 2.50. The van der Waals surface area contributed by atoms with Crippen molar-refractivity contribution in [2.75, 3.05) is 18.1 Å². The predicted molar refractivity (Wildman–Crippen MR) is 87.7 cm³/mol. The first-order chi connectivity index (χ1) is 10.2. The zero-order valence-electron chi connectivity index (χ0n) is 11.7. The van der Waals surface area contributed by atoms with E-state index in [1.807, 2.05) is 30.3 Å². The van der Waals surface area contributed by atoms with Crippen molar-refractivity contribution in [3.05, 3.63) is 53.9 Å². The first-order valence-electron chi connectivity index (χ1n) is 6.95. The molecule has 0 fully saturated rings. The fraction of sp³-hybridized carbons (Fsp3) is 0.250. The van der Waals surface area contributed by atoms with Crippen LogP contribution in [0.5, 0.6) is 5.75 Å². The van der Waals surface area contributed by atoms with Crippen molar-refractivity contribution in [3.63, 3.8) is 0 Å². The number of aromatic nitrogens is 1. The molecule has 0 radical (unpaired) electrons. The molecule has 3 rings (SSSR count). The second kappa shape index (κ2) is 6.10. The number of pyridine rings is 1. The van der Waals surface area contributed by atoms with Gasteiger partial charge in [0.15, 0.2) is 0 Å². The SMILES string of the molecule is NC(=S)c1cc(CN2CCCOc3ccccc32)ccn1. The molecule has 2 aromatic rings. The number of fused-ring (bicyclic) bond motifs is 1. The van der Waals surface area contributed by atoms with E-state index in [0.717, 1.165) is 43.1 Å². The Labute approximate surface area is 129 Å². The Hall–Kier alpha value is -2.14. The number of anilines is 1. The average Bonchev–Trinajstić information content (AvgIpc) is 2.70. The molecular formula is C16H17N3OS. The molecule has 0 aliphatic carbocycles. The van der Waals surface area contributed by atoms with Gasteiger partial charge in [-0.15, -0.1) is 0 Å². The monoisotopic (exact) mass is 299 g/mol. The van der Waals surface area contributed by atoms with Gasteiger partial charge in [0.1, 0.15) is 10.7 Å². The standard InChI is InChI=1S/C16H17N3OS/c17-16(21)13-10-12(6-7-18-13)11-19-8-3-9-20-15-5-2-1-4-14(15)19/h1-2,4-7,10H,3,8-9,11H2,(H2,17,21). The molecule has 1 aliphatic rings. The van der Waals surface area contributed by atoms with E-state index in [1.54, 1.807) is 6.20 Å². The highest BCUT2D eigenvalue weighted by Gasteiger charge is 2.16. The molecule has 1 aromatic carbocycles. The summed E-state index contributed by atoms with van der Waals surface area (Å²) in [5.74, 6) is 0.943. The van der Waals surface area contributed by atoms with Crippen molar-refractivity contribution >= 4 is 22.9 Å². The fourth-order valence-electron chi connectivity index (χ4n) is 2.49. The van der Waals surface area contributed by atoms with Crippen LogP contribution in [0.4, 0.5) is 5.69 Å². The van der Waals surface area contributed by atoms with E-state index in [4.69, 9.17) is 22.7 Å². The summed E-state index contributed by atoms with van der Waals surface area (Å²) in [5, 5.41) is 0. The van der Waals surface area contributed by atoms with Gasteiger partial charge in [-0.3, -0.25) is 4.98 Å². The average molecular weight is 299 g/mol. The van der Waals surface area contributed by atoms with Crippen LogP contribution in [0, 0.1) is 0 Å². The quantitative estimate of drug-likeness (QED) is 0.883. The lowest BCUT2D eigenvalue weighted by atomic mass is 10.2. The molecule has 1 aromatic heterocycles. The number of hydrogen-bond donors (Lipinski definition) is 1. The molecule has 0 saturated heterocycles. The van der Waals surface area contributed by atoms with Gasteiger partial charge in [0.25, 0.3) is 0 Å². The van der Waals surface area contributed by atoms with Gasteiger partial charge in [-0.25, -0.2) is 0 Å². The van der Waals surface area contributed by atoms with E-state index >= 15 is 0 Å². The van der Waals surface area contributed by atoms with E-state index < -0.39 is 0 Å². The number of rotatable bonds is 3. The second-order valence-electron chi connectivity index (χ2n) is 5.00. The van der Waals surface area contributed by atoms with Crippen LogP contribution in [0.1, 0.15) is 17.7 Å². The number of nitrogens with zero attached hydrogens (tertiary/aromatic N) is 2. The van der Waals surface area contributed by atoms with Crippen molar-refractivity contribution in [2.24, 2.45) is 5.73 Å². The normalized spacial score (nSPS) is 14.0. The Morgan fingerprint density at radius 2 is 2.19 bits per heavy atom. The van der Waals surface area contributed by atoms with Crippen LogP contribution in [-0.4, -0.2) is 23.1 Å². The third kappa shape index (κ3) is 3.13. The van der Waals surface area contributed by atoms with Crippen LogP contribution in [-0.2, 0) is 6.54 Å². The summed E-state index contributed by atoms with van der Waals surface area (Å²) < 4.78 is 5.78. The lowest BCUT2D eigenvalue weighted by Gasteiger charge is -2.24. The fourth-order valence-corrected chi connectivity index (χ4v) is 2.60. The van der Waals surface area contributed by atoms with Crippen LogP contribution in [0.15, 0.2) is 42.6 Å². The van der Waals surface area contributed by atoms with Crippen LogP contribution in [0.3, 0.4) is 0 Å². The molecule has 0 spiro atoms. The van der Waals surface area contributed by atoms with Gasteiger partial charge in [-0.2, -0.15) is 0 Å². The van der Waals surface area contributed by atoms with E-state index in [-0.39, 0.29) is 0 Å². The molecule has 5 heteroatoms. The highest BCUT2D eigenvalue weighted by Crippen LogP contribution is 2.31. The molecule has 0 amide bonds. The molecule has 2 N–H and O–H groups in total. The highest BCUT2D eigenvalue weighted by molar-refractivity contribution is 7.80. The summed E-state index contributed by atoms with van der Waals surface area (Å²) >= 11 is 4.99. The minimum Gasteiger partial charge on any atom is -0.491 e. The van der Waals surface area contributed by atoms with E-state index in [2.05, 4.69) is 16.0 Å². The van der Waals surface area contributed by atoms with Crippen molar-refractivity contribution in [1.29, 1.82) is 0 Å². The Morgan fingerprint density at radius 3 is 3.05 bits per heavy atom. The summed E-state index contributed by atoms with van der Waals surface area (Å²) in [4.78, 5) is 6.84. The van der Waals surface area contributed by atoms with Gasteiger partial charge >= 0.3 is 0 Å². The predicted octanol–water partition coefficient (Wildman–Crippen LogP) is 2.50. The number of ether oxygens (including phenoxy) is 1. The smallest absolute Gasteiger partial charge is 0.142 e. The van der Waals surface area contributed by atoms with Gasteiger partial charge in [-0.1, -0.05) is 24.4 Å². The third-order valence-electron chi connectivity index (χ3n) is 3.49. The van der Waals surface area contributed by atoms with Crippen molar-refractivity contribution in [2.45, 2.75) is 13.0 Å². The van der Waals surface area contributed by atoms with Crippen LogP contribution >= 0.6 is 12.2 Å². The van der Waals surface area contributed by atoms with Gasteiger partial charge in [0.2, 0.25) is 0 Å². The number of nitrogens with two attached hydrogens (primary N) is 1. The minimum atomic E-state index is 0.330. The summed E-state index contributed by atoms with van der Waals surface area (Å²) in [5.41, 5.74) is 8.59. The maximum absolute atomic E-state index is 5.78. The molecule has 0 unspecified atom stereocenters. The van der Waals surface area contributed by atoms with Gasteiger partial charge in [0, 0.05) is 19.3 Å². The topological polar surface area (TPSA) is 51.4 Å². The number of para-hydroxylation sites is 2. The lowest BCUT2D eigenvalue weighted by Crippen LogP contribution is -2.23. The molecule has 0 bridgehead atoms. The summed E-state index contributed by atoms with van der Waals surface area (Å²) in [6, 6.07) is 12.1. The van der Waals surface area contributed by atoms with Gasteiger partial charge in [-0.05, 0) is 36.2 Å². The largest absolute Gasteiger partial charge is 0.491 e. The molecular weight excluding hydrogens is 282 g/mol. The lowest BCUT2D eigenvalue weighted by molar-refractivity contribution is 0.322. The Morgan fingerprint density at radius 1 is 1.33 bits per heavy atom. The molecule has 1 aliphatic heterocycles. The van der Waals surface area contributed by atoms with Crippen molar-refractivity contribution < 1.29 is 4.74 Å². The second-order valence-corrected chi connectivity index (χ2v) is 5.44. The molecule has 2 heterocycles. The molecule has 21 heavy (non-hydrogen) atoms. The van der Waals surface area contributed by atoms with Gasteiger partial charge in [0.05, 0.1) is 18.0 Å². The van der Waals surface area contributed by atoms with Crippen LogP contribution in [0.25, 0.3) is 0 Å². The zero-order chi connectivity index (χ0) is 14.7. The molecule has 4 nitrogen and oxygen atoms in total. The molecule has 0 atom stereocenters. The first-order valence-corrected chi connectivity index (χ1v) is 7.36. The molecule has 0 saturated carbocycles. The van der Waals surface area contributed by atoms with E-state index in [9.17, 15) is 0 Å². The van der Waals surface area contributed by atoms with Crippen LogP contribution in [0.2, 0.25) is 0 Å². The van der Waals surface area contributed by atoms with Crippen molar-refractivity contribution in [1.82, 2.24) is 4.98 Å². The Bertz CT molecular complexity index is 659. The third-order valence-corrected chi connectivity index (χ3v) is 3.70. The summed E-state index contributed by atoms with van der Waals surface area (Å²) in [6.07, 6.45) is 2.76.